The van der Waals surface area contributed by atoms with Gasteiger partial charge in [-0.15, -0.1) is 0 Å². The van der Waals surface area contributed by atoms with Crippen LogP contribution in [0.15, 0.2) is 12.1 Å². The molecule has 0 N–H and O–H groups in total. The molecule has 7 heteroatoms. The Morgan fingerprint density at radius 1 is 1.35 bits per heavy atom. The predicted molar refractivity (Wildman–Crippen MR) is 89.7 cm³/mol. The van der Waals surface area contributed by atoms with Gasteiger partial charge < -0.3 is 9.64 Å². The third kappa shape index (κ3) is 2.55. The van der Waals surface area contributed by atoms with Gasteiger partial charge in [-0.2, -0.15) is 0 Å². The van der Waals surface area contributed by atoms with Gasteiger partial charge >= 0.3 is 0 Å². The van der Waals surface area contributed by atoms with Crippen molar-refractivity contribution in [2.75, 3.05) is 24.7 Å². The number of ether oxygens (including phenoxy) is 1. The van der Waals surface area contributed by atoms with Crippen LogP contribution in [-0.2, 0) is 19.3 Å². The Bertz CT molecular complexity index is 729. The molecule has 0 unspecified atom stereocenters. The maximum atomic E-state index is 12.8. The Morgan fingerprint density at radius 2 is 2.09 bits per heavy atom. The van der Waals surface area contributed by atoms with Crippen LogP contribution in [-0.4, -0.2) is 44.5 Å². The number of sulfone groups is 1. The first kappa shape index (κ1) is 15.7. The van der Waals surface area contributed by atoms with Crippen LogP contribution in [0, 0.1) is 0 Å². The fourth-order valence-corrected chi connectivity index (χ4v) is 6.23. The molecule has 23 heavy (non-hydrogen) atoms. The van der Waals surface area contributed by atoms with Crippen molar-refractivity contribution in [1.29, 1.82) is 0 Å². The maximum Gasteiger partial charge on any atom is 0.163 e. The second-order valence-electron chi connectivity index (χ2n) is 6.89. The van der Waals surface area contributed by atoms with Gasteiger partial charge in [-0.25, -0.2) is 13.4 Å². The summed E-state index contributed by atoms with van der Waals surface area (Å²) in [7, 11) is -3.11. The van der Waals surface area contributed by atoms with Gasteiger partial charge in [0.1, 0.15) is 11.0 Å². The molecule has 0 spiro atoms. The molecule has 1 aromatic heterocycles. The van der Waals surface area contributed by atoms with Gasteiger partial charge in [-0.05, 0) is 50.3 Å². The summed E-state index contributed by atoms with van der Waals surface area (Å²) in [6.45, 7) is 4.12. The van der Waals surface area contributed by atoms with Crippen molar-refractivity contribution >= 4 is 27.3 Å². The second kappa shape index (κ2) is 5.33. The number of nitrogens with zero attached hydrogens (tertiary/aromatic N) is 2. The molecule has 1 atom stereocenters. The summed E-state index contributed by atoms with van der Waals surface area (Å²) >= 11 is 6.23. The Kier molecular flexibility index (Phi) is 3.63. The minimum absolute atomic E-state index is 0.150. The summed E-state index contributed by atoms with van der Waals surface area (Å²) < 4.78 is 30.4. The molecule has 3 fully saturated rings. The highest BCUT2D eigenvalue weighted by atomic mass is 35.5. The van der Waals surface area contributed by atoms with Gasteiger partial charge in [0.15, 0.2) is 9.84 Å². The average molecular weight is 357 g/mol. The highest BCUT2D eigenvalue weighted by Crippen LogP contribution is 2.57. The normalized spacial score (nSPS) is 27.0. The molecular weight excluding hydrogens is 336 g/mol. The van der Waals surface area contributed by atoms with Crippen LogP contribution in [0.1, 0.15) is 38.2 Å². The molecule has 1 saturated heterocycles. The topological polar surface area (TPSA) is 59.5 Å². The van der Waals surface area contributed by atoms with Gasteiger partial charge in [-0.3, -0.25) is 0 Å². The lowest BCUT2D eigenvalue weighted by Crippen LogP contribution is -2.44. The van der Waals surface area contributed by atoms with Crippen LogP contribution in [0.2, 0.25) is 5.15 Å². The molecule has 0 radical (unpaired) electrons. The maximum absolute atomic E-state index is 12.8. The van der Waals surface area contributed by atoms with Crippen LogP contribution in [0.4, 0.5) is 5.82 Å². The fourth-order valence-electron chi connectivity index (χ4n) is 3.51. The Balaban J connectivity index is 1.73. The lowest BCUT2D eigenvalue weighted by molar-refractivity contribution is 0.0985. The molecule has 0 amide bonds. The molecule has 1 aliphatic heterocycles. The van der Waals surface area contributed by atoms with Crippen molar-refractivity contribution in [3.8, 4) is 0 Å². The predicted octanol–water partition coefficient (Wildman–Crippen LogP) is 2.53. The Hall–Kier alpha value is -0.850. The van der Waals surface area contributed by atoms with E-state index in [0.717, 1.165) is 30.8 Å². The Labute approximate surface area is 141 Å². The van der Waals surface area contributed by atoms with E-state index >= 15 is 0 Å². The monoisotopic (exact) mass is 356 g/mol. The van der Waals surface area contributed by atoms with E-state index < -0.39 is 14.6 Å². The summed E-state index contributed by atoms with van der Waals surface area (Å²) in [5.74, 6) is 0.764. The SMILES string of the molecule is C[C@H]1COCCN1c1cc(C2(S(=O)(=O)C3CC3)CC2)cc(Cl)n1. The van der Waals surface area contributed by atoms with Gasteiger partial charge in [0, 0.05) is 6.54 Å². The fraction of sp³-hybridized carbons (Fsp3) is 0.688. The van der Waals surface area contributed by atoms with Crippen LogP contribution in [0.5, 0.6) is 0 Å². The first-order chi connectivity index (χ1) is 10.9. The molecule has 3 aliphatic rings. The number of hydrogen-bond acceptors (Lipinski definition) is 5. The Morgan fingerprint density at radius 3 is 2.70 bits per heavy atom. The van der Waals surface area contributed by atoms with Crippen LogP contribution < -0.4 is 4.90 Å². The van der Waals surface area contributed by atoms with E-state index in [1.54, 1.807) is 6.07 Å². The van der Waals surface area contributed by atoms with Crippen molar-refractivity contribution in [2.24, 2.45) is 0 Å². The zero-order chi connectivity index (χ0) is 16.2. The minimum atomic E-state index is -3.11. The largest absolute Gasteiger partial charge is 0.377 e. The van der Waals surface area contributed by atoms with E-state index in [1.807, 2.05) is 6.07 Å². The van der Waals surface area contributed by atoms with Crippen LogP contribution in [0.25, 0.3) is 0 Å². The first-order valence-electron chi connectivity index (χ1n) is 8.20. The molecular formula is C16H21ClN2O3S. The molecule has 0 bridgehead atoms. The van der Waals surface area contributed by atoms with Crippen molar-refractivity contribution < 1.29 is 13.2 Å². The average Bonchev–Trinajstić information content (AvgIpc) is 3.39. The van der Waals surface area contributed by atoms with Gasteiger partial charge in [0.25, 0.3) is 0 Å². The molecule has 126 valence electrons. The van der Waals surface area contributed by atoms with Gasteiger partial charge in [0.2, 0.25) is 0 Å². The third-order valence-electron chi connectivity index (χ3n) is 5.18. The number of pyridine rings is 1. The minimum Gasteiger partial charge on any atom is -0.377 e. The summed E-state index contributed by atoms with van der Waals surface area (Å²) in [4.78, 5) is 6.58. The van der Waals surface area contributed by atoms with E-state index in [2.05, 4.69) is 16.8 Å². The summed E-state index contributed by atoms with van der Waals surface area (Å²) in [5, 5.41) is 0.219. The molecule has 2 aliphatic carbocycles. The first-order valence-corrected chi connectivity index (χ1v) is 10.1. The zero-order valence-electron chi connectivity index (χ0n) is 13.2. The van der Waals surface area contributed by atoms with Crippen molar-refractivity contribution in [2.45, 2.75) is 48.6 Å². The standard InChI is InChI=1S/C16H21ClN2O3S/c1-11-10-22-7-6-19(11)15-9-12(8-14(17)18-15)16(4-5-16)23(20,21)13-2-3-13/h8-9,11,13H,2-7,10H2,1H3/t11-/m0/s1. The van der Waals surface area contributed by atoms with Gasteiger partial charge in [0.05, 0.1) is 29.3 Å². The molecule has 2 heterocycles. The molecule has 0 aromatic carbocycles. The van der Waals surface area contributed by atoms with Crippen molar-refractivity contribution in [1.82, 2.24) is 4.98 Å². The number of halogens is 1. The van der Waals surface area contributed by atoms with E-state index in [0.29, 0.717) is 31.2 Å². The van der Waals surface area contributed by atoms with E-state index in [4.69, 9.17) is 16.3 Å². The lowest BCUT2D eigenvalue weighted by atomic mass is 10.1. The number of morpholine rings is 1. The summed E-state index contributed by atoms with van der Waals surface area (Å²) in [6.07, 6.45) is 3.00. The molecule has 5 nitrogen and oxygen atoms in total. The smallest absolute Gasteiger partial charge is 0.163 e. The summed E-state index contributed by atoms with van der Waals surface area (Å²) in [5.41, 5.74) is 0.818. The highest BCUT2D eigenvalue weighted by molar-refractivity contribution is 7.93. The van der Waals surface area contributed by atoms with E-state index in [1.165, 1.54) is 0 Å². The number of anilines is 1. The van der Waals surface area contributed by atoms with Gasteiger partial charge in [-0.1, -0.05) is 11.6 Å². The zero-order valence-corrected chi connectivity index (χ0v) is 14.7. The number of hydrogen-bond donors (Lipinski definition) is 0. The summed E-state index contributed by atoms with van der Waals surface area (Å²) in [6, 6.07) is 3.88. The molecule has 1 aromatic rings. The van der Waals surface area contributed by atoms with Crippen molar-refractivity contribution in [3.05, 3.63) is 22.8 Å². The highest BCUT2D eigenvalue weighted by Gasteiger charge is 2.60. The number of rotatable bonds is 4. The van der Waals surface area contributed by atoms with Crippen LogP contribution in [0.3, 0.4) is 0 Å². The van der Waals surface area contributed by atoms with E-state index in [-0.39, 0.29) is 11.3 Å². The van der Waals surface area contributed by atoms with Crippen molar-refractivity contribution in [3.63, 3.8) is 0 Å². The third-order valence-corrected chi connectivity index (χ3v) is 8.46. The van der Waals surface area contributed by atoms with Crippen LogP contribution >= 0.6 is 11.6 Å². The molecule has 4 rings (SSSR count). The lowest BCUT2D eigenvalue weighted by Gasteiger charge is -2.34. The molecule has 2 saturated carbocycles. The second-order valence-corrected chi connectivity index (χ2v) is 9.82. The quantitative estimate of drug-likeness (QED) is 0.776. The number of aromatic nitrogens is 1. The van der Waals surface area contributed by atoms with E-state index in [9.17, 15) is 8.42 Å².